The minimum Gasteiger partial charge on any atom is -0.481 e. The second-order valence-corrected chi connectivity index (χ2v) is 3.65. The average Bonchev–Trinajstić information content (AvgIpc) is 2.46. The molecule has 2 aromatic rings. The first-order chi connectivity index (χ1) is 6.66. The number of hydrogen-bond acceptors (Lipinski definition) is 3. The van der Waals surface area contributed by atoms with Crippen LogP contribution >= 0.6 is 15.9 Å². The molecule has 0 radical (unpaired) electrons. The van der Waals surface area contributed by atoms with Crippen LogP contribution in [0, 0.1) is 0 Å². The fourth-order valence-corrected chi connectivity index (χ4v) is 1.53. The van der Waals surface area contributed by atoms with E-state index in [1.807, 2.05) is 0 Å². The molecule has 5 nitrogen and oxygen atoms in total. The first-order valence-electron chi connectivity index (χ1n) is 3.86. The van der Waals surface area contributed by atoms with Gasteiger partial charge in [0, 0.05) is 12.4 Å². The number of aromatic nitrogens is 3. The Bertz CT molecular complexity index is 494. The van der Waals surface area contributed by atoms with Gasteiger partial charge in [0.05, 0.1) is 17.1 Å². The summed E-state index contributed by atoms with van der Waals surface area (Å²) in [4.78, 5) is 14.5. The Morgan fingerprint density at radius 3 is 3.07 bits per heavy atom. The van der Waals surface area contributed by atoms with E-state index in [0.717, 1.165) is 4.47 Å². The van der Waals surface area contributed by atoms with Gasteiger partial charge in [-0.25, -0.2) is 9.50 Å². The molecule has 6 heteroatoms. The summed E-state index contributed by atoms with van der Waals surface area (Å²) in [5, 5.41) is 12.6. The quantitative estimate of drug-likeness (QED) is 0.874. The van der Waals surface area contributed by atoms with Crippen molar-refractivity contribution >= 4 is 27.5 Å². The van der Waals surface area contributed by atoms with Crippen molar-refractivity contribution in [3.8, 4) is 0 Å². The fourth-order valence-electron chi connectivity index (χ4n) is 1.15. The van der Waals surface area contributed by atoms with Crippen molar-refractivity contribution in [1.29, 1.82) is 0 Å². The first-order valence-corrected chi connectivity index (χ1v) is 4.65. The molecule has 2 heterocycles. The number of carbonyl (C=O) groups is 1. The number of aliphatic carboxylic acids is 1. The zero-order valence-corrected chi connectivity index (χ0v) is 8.60. The van der Waals surface area contributed by atoms with Crippen molar-refractivity contribution in [2.45, 2.75) is 6.42 Å². The van der Waals surface area contributed by atoms with E-state index in [1.54, 1.807) is 16.9 Å². The number of rotatable bonds is 2. The van der Waals surface area contributed by atoms with Crippen molar-refractivity contribution in [2.75, 3.05) is 0 Å². The topological polar surface area (TPSA) is 67.5 Å². The zero-order valence-electron chi connectivity index (χ0n) is 7.01. The van der Waals surface area contributed by atoms with Gasteiger partial charge < -0.3 is 5.11 Å². The van der Waals surface area contributed by atoms with Crippen LogP contribution in [0.15, 0.2) is 23.1 Å². The van der Waals surface area contributed by atoms with Crippen LogP contribution in [0.2, 0.25) is 0 Å². The Morgan fingerprint density at radius 1 is 1.57 bits per heavy atom. The molecule has 0 fully saturated rings. The molecular weight excluding hydrogens is 250 g/mol. The van der Waals surface area contributed by atoms with E-state index in [0.29, 0.717) is 11.2 Å². The van der Waals surface area contributed by atoms with Crippen LogP contribution in [-0.4, -0.2) is 25.7 Å². The van der Waals surface area contributed by atoms with E-state index in [9.17, 15) is 4.79 Å². The normalized spacial score (nSPS) is 10.6. The maximum Gasteiger partial charge on any atom is 0.307 e. The Kier molecular flexibility index (Phi) is 2.20. The zero-order chi connectivity index (χ0) is 10.1. The maximum atomic E-state index is 10.4. The predicted molar refractivity (Wildman–Crippen MR) is 52.0 cm³/mol. The van der Waals surface area contributed by atoms with Gasteiger partial charge in [0.15, 0.2) is 5.65 Å². The lowest BCUT2D eigenvalue weighted by molar-refractivity contribution is -0.136. The highest BCUT2D eigenvalue weighted by molar-refractivity contribution is 9.10. The summed E-state index contributed by atoms with van der Waals surface area (Å²) >= 11 is 3.28. The number of halogens is 1. The van der Waals surface area contributed by atoms with E-state index in [1.165, 1.54) is 6.20 Å². The molecule has 0 aliphatic heterocycles. The van der Waals surface area contributed by atoms with Gasteiger partial charge in [-0.2, -0.15) is 5.10 Å². The smallest absolute Gasteiger partial charge is 0.307 e. The molecule has 0 bridgehead atoms. The third-order valence-corrected chi connectivity index (χ3v) is 2.28. The fraction of sp³-hybridized carbons (Fsp3) is 0.125. The first kappa shape index (κ1) is 9.14. The molecule has 0 aliphatic carbocycles. The molecule has 2 rings (SSSR count). The molecule has 0 unspecified atom stereocenters. The van der Waals surface area contributed by atoms with Crippen LogP contribution in [0.3, 0.4) is 0 Å². The summed E-state index contributed by atoms with van der Waals surface area (Å²) < 4.78 is 2.34. The van der Waals surface area contributed by atoms with Crippen LogP contribution in [0.4, 0.5) is 0 Å². The van der Waals surface area contributed by atoms with Gasteiger partial charge >= 0.3 is 5.97 Å². The lowest BCUT2D eigenvalue weighted by Gasteiger charge is -1.97. The Balaban J connectivity index is 2.46. The van der Waals surface area contributed by atoms with Crippen molar-refractivity contribution in [3.63, 3.8) is 0 Å². The van der Waals surface area contributed by atoms with Gasteiger partial charge in [-0.05, 0) is 21.5 Å². The van der Waals surface area contributed by atoms with Gasteiger partial charge in [0.1, 0.15) is 0 Å². The minimum atomic E-state index is -0.877. The highest BCUT2D eigenvalue weighted by atomic mass is 79.9. The molecule has 0 saturated carbocycles. The SMILES string of the molecule is O=C(O)Cc1cnc2c(Br)cnn2c1. The van der Waals surface area contributed by atoms with E-state index < -0.39 is 5.97 Å². The van der Waals surface area contributed by atoms with Crippen LogP contribution in [0.25, 0.3) is 5.65 Å². The van der Waals surface area contributed by atoms with Crippen LogP contribution < -0.4 is 0 Å². The Morgan fingerprint density at radius 2 is 2.36 bits per heavy atom. The number of carboxylic acid groups (broad SMARTS) is 1. The summed E-state index contributed by atoms with van der Waals surface area (Å²) in [6.45, 7) is 0. The van der Waals surface area contributed by atoms with Crippen molar-refractivity contribution in [2.24, 2.45) is 0 Å². The number of nitrogens with zero attached hydrogens (tertiary/aromatic N) is 3. The maximum absolute atomic E-state index is 10.4. The van der Waals surface area contributed by atoms with Crippen LogP contribution in [0.1, 0.15) is 5.56 Å². The van der Waals surface area contributed by atoms with Gasteiger partial charge in [-0.15, -0.1) is 0 Å². The largest absolute Gasteiger partial charge is 0.481 e. The molecule has 0 atom stereocenters. The monoisotopic (exact) mass is 255 g/mol. The summed E-state index contributed by atoms with van der Waals surface area (Å²) in [6.07, 6.45) is 4.77. The second kappa shape index (κ2) is 3.38. The Hall–Kier alpha value is -1.43. The van der Waals surface area contributed by atoms with Crippen LogP contribution in [0.5, 0.6) is 0 Å². The number of fused-ring (bicyclic) bond motifs is 1. The summed E-state index contributed by atoms with van der Waals surface area (Å²) in [6, 6.07) is 0. The number of hydrogen-bond donors (Lipinski definition) is 1. The lowest BCUT2D eigenvalue weighted by Crippen LogP contribution is -2.02. The molecule has 0 aliphatic rings. The van der Waals surface area contributed by atoms with Gasteiger partial charge in [-0.1, -0.05) is 0 Å². The minimum absolute atomic E-state index is 0.0413. The van der Waals surface area contributed by atoms with Crippen molar-refractivity contribution in [3.05, 3.63) is 28.6 Å². The second-order valence-electron chi connectivity index (χ2n) is 2.79. The third kappa shape index (κ3) is 1.60. The molecule has 2 aromatic heterocycles. The summed E-state index contributed by atoms with van der Waals surface area (Å²) in [5.74, 6) is -0.877. The molecule has 0 amide bonds. The highest BCUT2D eigenvalue weighted by Crippen LogP contribution is 2.14. The van der Waals surface area contributed by atoms with Gasteiger partial charge in [0.25, 0.3) is 0 Å². The highest BCUT2D eigenvalue weighted by Gasteiger charge is 2.05. The number of carboxylic acids is 1. The molecule has 72 valence electrons. The summed E-state index contributed by atoms with van der Waals surface area (Å²) in [7, 11) is 0. The molecule has 1 N–H and O–H groups in total. The molecule has 14 heavy (non-hydrogen) atoms. The molecular formula is C8H6BrN3O2. The molecule has 0 saturated heterocycles. The standard InChI is InChI=1S/C8H6BrN3O2/c9-6-3-11-12-4-5(1-7(13)14)2-10-8(6)12/h2-4H,1H2,(H,13,14). The average molecular weight is 256 g/mol. The van der Waals surface area contributed by atoms with Gasteiger partial charge in [-0.3, -0.25) is 4.79 Å². The van der Waals surface area contributed by atoms with E-state index in [-0.39, 0.29) is 6.42 Å². The Labute approximate surface area is 87.5 Å². The molecule has 0 spiro atoms. The van der Waals surface area contributed by atoms with Crippen molar-refractivity contribution < 1.29 is 9.90 Å². The van der Waals surface area contributed by atoms with Crippen molar-refractivity contribution in [1.82, 2.24) is 14.6 Å². The van der Waals surface area contributed by atoms with E-state index >= 15 is 0 Å². The summed E-state index contributed by atoms with van der Waals surface area (Å²) in [5.41, 5.74) is 1.31. The predicted octanol–water partition coefficient (Wildman–Crippen LogP) is 1.12. The van der Waals surface area contributed by atoms with Gasteiger partial charge in [0.2, 0.25) is 0 Å². The van der Waals surface area contributed by atoms with E-state index in [4.69, 9.17) is 5.11 Å². The van der Waals surface area contributed by atoms with Crippen LogP contribution in [-0.2, 0) is 11.2 Å². The third-order valence-electron chi connectivity index (χ3n) is 1.72. The lowest BCUT2D eigenvalue weighted by atomic mass is 10.2. The van der Waals surface area contributed by atoms with E-state index in [2.05, 4.69) is 26.0 Å². The molecule has 0 aromatic carbocycles.